The van der Waals surface area contributed by atoms with Crippen molar-refractivity contribution in [3.63, 3.8) is 0 Å². The number of hydrogen-bond donors (Lipinski definition) is 1. The summed E-state index contributed by atoms with van der Waals surface area (Å²) in [7, 11) is 0. The minimum absolute atomic E-state index is 0.552. The SMILES string of the molecule is CC1=C(C)C(C)C(Cc2ccccc2)=C(C)N1. The van der Waals surface area contributed by atoms with Crippen LogP contribution in [0, 0.1) is 5.92 Å². The third-order valence-electron chi connectivity index (χ3n) is 3.86. The highest BCUT2D eigenvalue weighted by Gasteiger charge is 2.20. The molecule has 1 N–H and O–H groups in total. The zero-order valence-corrected chi connectivity index (χ0v) is 11.2. The second kappa shape index (κ2) is 4.79. The first-order chi connectivity index (χ1) is 8.09. The molecular weight excluding hydrogens is 206 g/mol. The Kier molecular flexibility index (Phi) is 3.37. The van der Waals surface area contributed by atoms with Crippen LogP contribution in [0.4, 0.5) is 0 Å². The highest BCUT2D eigenvalue weighted by molar-refractivity contribution is 5.36. The van der Waals surface area contributed by atoms with Crippen LogP contribution in [0.1, 0.15) is 33.3 Å². The maximum atomic E-state index is 3.49. The van der Waals surface area contributed by atoms with Crippen molar-refractivity contribution in [2.45, 2.75) is 34.1 Å². The van der Waals surface area contributed by atoms with Gasteiger partial charge in [-0.25, -0.2) is 0 Å². The van der Waals surface area contributed by atoms with Crippen molar-refractivity contribution < 1.29 is 0 Å². The molecule has 0 radical (unpaired) electrons. The van der Waals surface area contributed by atoms with Gasteiger partial charge >= 0.3 is 0 Å². The zero-order valence-electron chi connectivity index (χ0n) is 11.2. The van der Waals surface area contributed by atoms with E-state index in [9.17, 15) is 0 Å². The predicted molar refractivity (Wildman–Crippen MR) is 73.5 cm³/mol. The molecule has 0 amide bonds. The lowest BCUT2D eigenvalue weighted by molar-refractivity contribution is 0.681. The molecule has 0 aliphatic carbocycles. The lowest BCUT2D eigenvalue weighted by atomic mass is 9.85. The van der Waals surface area contributed by atoms with Crippen LogP contribution in [-0.4, -0.2) is 0 Å². The van der Waals surface area contributed by atoms with Gasteiger partial charge in [0.25, 0.3) is 0 Å². The second-order valence-corrected chi connectivity index (χ2v) is 4.97. The molecule has 1 aliphatic heterocycles. The largest absolute Gasteiger partial charge is 0.363 e. The maximum Gasteiger partial charge on any atom is 0.0118 e. The zero-order chi connectivity index (χ0) is 12.4. The van der Waals surface area contributed by atoms with Crippen molar-refractivity contribution in [1.82, 2.24) is 5.32 Å². The molecule has 0 fully saturated rings. The van der Waals surface area contributed by atoms with Gasteiger partial charge < -0.3 is 5.32 Å². The van der Waals surface area contributed by atoms with Crippen molar-refractivity contribution in [2.24, 2.45) is 5.92 Å². The van der Waals surface area contributed by atoms with Gasteiger partial charge in [-0.05, 0) is 43.9 Å². The monoisotopic (exact) mass is 227 g/mol. The van der Waals surface area contributed by atoms with E-state index in [1.54, 1.807) is 0 Å². The molecule has 1 unspecified atom stereocenters. The van der Waals surface area contributed by atoms with Crippen LogP contribution < -0.4 is 5.32 Å². The predicted octanol–water partition coefficient (Wildman–Crippen LogP) is 4.04. The number of rotatable bonds is 2. The van der Waals surface area contributed by atoms with E-state index in [1.165, 1.54) is 28.1 Å². The van der Waals surface area contributed by atoms with Crippen LogP contribution in [0.2, 0.25) is 0 Å². The van der Waals surface area contributed by atoms with E-state index in [0.717, 1.165) is 6.42 Å². The van der Waals surface area contributed by atoms with Crippen molar-refractivity contribution in [3.8, 4) is 0 Å². The third kappa shape index (κ3) is 2.44. The fourth-order valence-corrected chi connectivity index (χ4v) is 2.47. The first-order valence-electron chi connectivity index (χ1n) is 6.27. The van der Waals surface area contributed by atoms with E-state index >= 15 is 0 Å². The van der Waals surface area contributed by atoms with E-state index in [4.69, 9.17) is 0 Å². The molecule has 0 saturated carbocycles. The summed E-state index contributed by atoms with van der Waals surface area (Å²) in [5.74, 6) is 0.552. The number of nitrogens with one attached hydrogen (secondary N) is 1. The molecule has 0 bridgehead atoms. The molecule has 90 valence electrons. The quantitative estimate of drug-likeness (QED) is 0.804. The van der Waals surface area contributed by atoms with Crippen molar-refractivity contribution >= 4 is 0 Å². The smallest absolute Gasteiger partial charge is 0.0118 e. The molecule has 17 heavy (non-hydrogen) atoms. The van der Waals surface area contributed by atoms with Crippen LogP contribution >= 0.6 is 0 Å². The summed E-state index contributed by atoms with van der Waals surface area (Å²) in [6.07, 6.45) is 1.05. The van der Waals surface area contributed by atoms with Crippen molar-refractivity contribution in [2.75, 3.05) is 0 Å². The van der Waals surface area contributed by atoms with Gasteiger partial charge in [-0.15, -0.1) is 0 Å². The van der Waals surface area contributed by atoms with Gasteiger partial charge in [-0.1, -0.05) is 37.3 Å². The van der Waals surface area contributed by atoms with Gasteiger partial charge in [0.05, 0.1) is 0 Å². The topological polar surface area (TPSA) is 12.0 Å². The van der Waals surface area contributed by atoms with E-state index in [1.807, 2.05) is 0 Å². The molecule has 1 heterocycles. The number of hydrogen-bond acceptors (Lipinski definition) is 1. The van der Waals surface area contributed by atoms with Gasteiger partial charge in [-0.2, -0.15) is 0 Å². The number of dihydropyridines is 1. The minimum Gasteiger partial charge on any atom is -0.363 e. The molecular formula is C16H21N. The average molecular weight is 227 g/mol. The van der Waals surface area contributed by atoms with Crippen LogP contribution in [-0.2, 0) is 6.42 Å². The Labute approximate surface area is 104 Å². The molecule has 1 aromatic carbocycles. The molecule has 1 aliphatic rings. The maximum absolute atomic E-state index is 3.49. The lowest BCUT2D eigenvalue weighted by Gasteiger charge is -2.28. The Balaban J connectivity index is 2.24. The van der Waals surface area contributed by atoms with Crippen molar-refractivity contribution in [3.05, 3.63) is 58.4 Å². The summed E-state index contributed by atoms with van der Waals surface area (Å²) in [5, 5.41) is 3.49. The van der Waals surface area contributed by atoms with Crippen LogP contribution in [0.3, 0.4) is 0 Å². The molecule has 0 saturated heterocycles. The van der Waals surface area contributed by atoms with Gasteiger partial charge in [-0.3, -0.25) is 0 Å². The minimum atomic E-state index is 0.552. The fourth-order valence-electron chi connectivity index (χ4n) is 2.47. The molecule has 0 spiro atoms. The van der Waals surface area contributed by atoms with Gasteiger partial charge in [0.1, 0.15) is 0 Å². The van der Waals surface area contributed by atoms with Crippen LogP contribution in [0.15, 0.2) is 52.9 Å². The Hall–Kier alpha value is -1.50. The van der Waals surface area contributed by atoms with E-state index in [-0.39, 0.29) is 0 Å². The van der Waals surface area contributed by atoms with E-state index in [0.29, 0.717) is 5.92 Å². The Morgan fingerprint density at radius 2 is 1.65 bits per heavy atom. The Morgan fingerprint density at radius 3 is 2.29 bits per heavy atom. The molecule has 1 nitrogen and oxygen atoms in total. The van der Waals surface area contributed by atoms with Gasteiger partial charge in [0.15, 0.2) is 0 Å². The van der Waals surface area contributed by atoms with Crippen molar-refractivity contribution in [1.29, 1.82) is 0 Å². The molecule has 1 atom stereocenters. The normalized spacial score (nSPS) is 20.6. The number of benzene rings is 1. The van der Waals surface area contributed by atoms with E-state index < -0.39 is 0 Å². The highest BCUT2D eigenvalue weighted by atomic mass is 14.9. The molecule has 2 rings (SSSR count). The first kappa shape index (κ1) is 12.0. The standard InChI is InChI=1S/C16H21N/c1-11-12(2)16(14(4)17-13(11)3)10-15-8-6-5-7-9-15/h5-9,12,17H,10H2,1-4H3. The summed E-state index contributed by atoms with van der Waals surface area (Å²) in [6.45, 7) is 8.88. The lowest BCUT2D eigenvalue weighted by Crippen LogP contribution is -2.23. The summed E-state index contributed by atoms with van der Waals surface area (Å²) < 4.78 is 0. The van der Waals surface area contributed by atoms with Crippen LogP contribution in [0.5, 0.6) is 0 Å². The summed E-state index contributed by atoms with van der Waals surface area (Å²) >= 11 is 0. The Bertz CT molecular complexity index is 466. The van der Waals surface area contributed by atoms with Gasteiger partial charge in [0.2, 0.25) is 0 Å². The van der Waals surface area contributed by atoms with Crippen LogP contribution in [0.25, 0.3) is 0 Å². The third-order valence-corrected chi connectivity index (χ3v) is 3.86. The van der Waals surface area contributed by atoms with Gasteiger partial charge in [0, 0.05) is 17.3 Å². The van der Waals surface area contributed by atoms with E-state index in [2.05, 4.69) is 63.3 Å². The summed E-state index contributed by atoms with van der Waals surface area (Å²) in [5.41, 5.74) is 7.00. The summed E-state index contributed by atoms with van der Waals surface area (Å²) in [6, 6.07) is 10.7. The fraction of sp³-hybridized carbons (Fsp3) is 0.375. The second-order valence-electron chi connectivity index (χ2n) is 4.97. The molecule has 0 aromatic heterocycles. The average Bonchev–Trinajstić information content (AvgIpc) is 2.33. The molecule has 1 aromatic rings. The summed E-state index contributed by atoms with van der Waals surface area (Å²) in [4.78, 5) is 0. The highest BCUT2D eigenvalue weighted by Crippen LogP contribution is 2.30. The Morgan fingerprint density at radius 1 is 1.00 bits per heavy atom. The first-order valence-corrected chi connectivity index (χ1v) is 6.27. The molecule has 1 heteroatoms. The number of allylic oxidation sites excluding steroid dienone is 4.